The summed E-state index contributed by atoms with van der Waals surface area (Å²) in [5.41, 5.74) is 4.12. The first-order chi connectivity index (χ1) is 12.1. The molecule has 3 heterocycles. The highest BCUT2D eigenvalue weighted by molar-refractivity contribution is 5.90. The molecule has 0 spiro atoms. The molecule has 1 aliphatic heterocycles. The summed E-state index contributed by atoms with van der Waals surface area (Å²) >= 11 is 0. The minimum Gasteiger partial charge on any atom is -0.464 e. The zero-order valence-electron chi connectivity index (χ0n) is 14.5. The Bertz CT molecular complexity index is 898. The van der Waals surface area contributed by atoms with Crippen LogP contribution in [0.5, 0.6) is 0 Å². The van der Waals surface area contributed by atoms with E-state index in [1.165, 1.54) is 6.39 Å². The maximum absolute atomic E-state index is 12.8. The van der Waals surface area contributed by atoms with Crippen LogP contribution in [0, 0.1) is 13.8 Å². The van der Waals surface area contributed by atoms with Crippen LogP contribution in [0.4, 0.5) is 0 Å². The topological polar surface area (TPSA) is 72.4 Å². The van der Waals surface area contributed by atoms with Crippen molar-refractivity contribution < 1.29 is 13.7 Å². The van der Waals surface area contributed by atoms with E-state index in [1.54, 1.807) is 6.26 Å². The molecule has 25 heavy (non-hydrogen) atoms. The molecule has 3 aromatic rings. The van der Waals surface area contributed by atoms with Crippen molar-refractivity contribution in [2.24, 2.45) is 0 Å². The van der Waals surface area contributed by atoms with Gasteiger partial charge in [0.15, 0.2) is 5.82 Å². The largest absolute Gasteiger partial charge is 0.464 e. The van der Waals surface area contributed by atoms with E-state index >= 15 is 0 Å². The van der Waals surface area contributed by atoms with Gasteiger partial charge in [-0.3, -0.25) is 4.79 Å². The molecule has 0 N–H and O–H groups in total. The van der Waals surface area contributed by atoms with Crippen molar-refractivity contribution in [1.82, 2.24) is 15.0 Å². The zero-order chi connectivity index (χ0) is 17.4. The van der Waals surface area contributed by atoms with Gasteiger partial charge in [-0.2, -0.15) is 4.98 Å². The first-order valence-corrected chi connectivity index (χ1v) is 8.63. The monoisotopic (exact) mass is 339 g/mol. The second-order valence-electron chi connectivity index (χ2n) is 6.86. The van der Waals surface area contributed by atoms with Crippen molar-refractivity contribution in [2.75, 3.05) is 13.1 Å². The highest BCUT2D eigenvalue weighted by atomic mass is 16.5. The summed E-state index contributed by atoms with van der Waals surface area (Å²) in [5.74, 6) is 0.968. The van der Waals surface area contributed by atoms with Crippen LogP contribution in [0.3, 0.4) is 0 Å². The van der Waals surface area contributed by atoms with E-state index in [4.69, 9.17) is 8.94 Å². The second-order valence-corrected chi connectivity index (χ2v) is 6.86. The lowest BCUT2D eigenvalue weighted by molar-refractivity contribution is -0.131. The van der Waals surface area contributed by atoms with Gasteiger partial charge in [-0.25, -0.2) is 0 Å². The van der Waals surface area contributed by atoms with Gasteiger partial charge >= 0.3 is 0 Å². The Balaban J connectivity index is 1.52. The van der Waals surface area contributed by atoms with Gasteiger partial charge in [0.25, 0.3) is 0 Å². The average Bonchev–Trinajstić information content (AvgIpc) is 3.25. The number of piperidine rings is 1. The molecule has 0 saturated carbocycles. The first kappa shape index (κ1) is 15.9. The number of nitrogens with zero attached hydrogens (tertiary/aromatic N) is 3. The molecule has 2 aromatic heterocycles. The van der Waals surface area contributed by atoms with Crippen molar-refractivity contribution >= 4 is 16.9 Å². The minimum atomic E-state index is 0.121. The smallest absolute Gasteiger partial charge is 0.227 e. The molecule has 6 heteroatoms. The first-order valence-electron chi connectivity index (χ1n) is 8.63. The number of hydrogen-bond donors (Lipinski definition) is 0. The quantitative estimate of drug-likeness (QED) is 0.731. The molecule has 0 radical (unpaired) electrons. The summed E-state index contributed by atoms with van der Waals surface area (Å²) in [5, 5.41) is 4.99. The molecule has 4 rings (SSSR count). The van der Waals surface area contributed by atoms with Crippen LogP contribution >= 0.6 is 0 Å². The lowest BCUT2D eigenvalue weighted by Crippen LogP contribution is -2.40. The van der Waals surface area contributed by atoms with E-state index in [2.05, 4.69) is 23.1 Å². The number of aromatic nitrogens is 2. The normalized spacial score (nSPS) is 18.0. The molecule has 130 valence electrons. The van der Waals surface area contributed by atoms with Crippen molar-refractivity contribution in [1.29, 1.82) is 0 Å². The van der Waals surface area contributed by atoms with E-state index in [-0.39, 0.29) is 11.8 Å². The Kier molecular flexibility index (Phi) is 4.03. The van der Waals surface area contributed by atoms with E-state index < -0.39 is 0 Å². The van der Waals surface area contributed by atoms with Crippen molar-refractivity contribution in [2.45, 2.75) is 39.0 Å². The number of fused-ring (bicyclic) bond motifs is 1. The summed E-state index contributed by atoms with van der Waals surface area (Å²) in [6.07, 6.45) is 5.36. The second kappa shape index (κ2) is 6.35. The molecule has 1 aromatic carbocycles. The fourth-order valence-corrected chi connectivity index (χ4v) is 3.80. The van der Waals surface area contributed by atoms with Crippen LogP contribution in [0.25, 0.3) is 11.0 Å². The van der Waals surface area contributed by atoms with Gasteiger partial charge in [0.05, 0.1) is 12.7 Å². The zero-order valence-corrected chi connectivity index (χ0v) is 14.5. The lowest BCUT2D eigenvalue weighted by Gasteiger charge is -2.31. The highest BCUT2D eigenvalue weighted by Gasteiger charge is 2.27. The number of furan rings is 1. The molecular weight excluding hydrogens is 318 g/mol. The Hall–Kier alpha value is -2.63. The molecule has 1 aliphatic rings. The standard InChI is InChI=1S/C19H21N3O3/c1-12-6-13(2)18-15(10-24-16(18)7-12)8-17(23)22-5-3-4-14(9-22)19-20-11-25-21-19/h6-7,10-11,14H,3-5,8-9H2,1-2H3. The van der Waals surface area contributed by atoms with Crippen LogP contribution in [0.15, 0.2) is 33.7 Å². The van der Waals surface area contributed by atoms with Gasteiger partial charge in [-0.05, 0) is 43.9 Å². The summed E-state index contributed by atoms with van der Waals surface area (Å²) < 4.78 is 10.5. The van der Waals surface area contributed by atoms with Gasteiger partial charge in [0, 0.05) is 30.0 Å². The fraction of sp³-hybridized carbons (Fsp3) is 0.421. The van der Waals surface area contributed by atoms with Crippen LogP contribution in [-0.4, -0.2) is 34.0 Å². The van der Waals surface area contributed by atoms with Gasteiger partial charge < -0.3 is 13.8 Å². The Morgan fingerprint density at radius 2 is 2.24 bits per heavy atom. The third kappa shape index (κ3) is 3.04. The predicted molar refractivity (Wildman–Crippen MR) is 92.2 cm³/mol. The Morgan fingerprint density at radius 3 is 3.04 bits per heavy atom. The van der Waals surface area contributed by atoms with Crippen LogP contribution < -0.4 is 0 Å². The molecule has 0 bridgehead atoms. The number of likely N-dealkylation sites (tertiary alicyclic amines) is 1. The number of aryl methyl sites for hydroxylation is 2. The summed E-state index contributed by atoms with van der Waals surface area (Å²) in [6, 6.07) is 4.14. The van der Waals surface area contributed by atoms with Crippen LogP contribution in [0.1, 0.15) is 41.3 Å². The van der Waals surface area contributed by atoms with Crippen LogP contribution in [0.2, 0.25) is 0 Å². The molecule has 1 atom stereocenters. The number of hydrogen-bond acceptors (Lipinski definition) is 5. The minimum absolute atomic E-state index is 0.121. The number of amides is 1. The lowest BCUT2D eigenvalue weighted by atomic mass is 9.96. The number of carbonyl (C=O) groups excluding carboxylic acids is 1. The summed E-state index contributed by atoms with van der Waals surface area (Å²) in [7, 11) is 0. The predicted octanol–water partition coefficient (Wildman–Crippen LogP) is 3.38. The maximum atomic E-state index is 12.8. The third-order valence-electron chi connectivity index (χ3n) is 4.95. The molecule has 1 amide bonds. The Morgan fingerprint density at radius 1 is 1.36 bits per heavy atom. The van der Waals surface area contributed by atoms with E-state index in [9.17, 15) is 4.79 Å². The third-order valence-corrected chi connectivity index (χ3v) is 4.95. The van der Waals surface area contributed by atoms with Crippen molar-refractivity contribution in [3.05, 3.63) is 47.3 Å². The molecule has 6 nitrogen and oxygen atoms in total. The van der Waals surface area contributed by atoms with Gasteiger partial charge in [-0.1, -0.05) is 11.2 Å². The highest BCUT2D eigenvalue weighted by Crippen LogP contribution is 2.28. The van der Waals surface area contributed by atoms with E-state index in [0.717, 1.165) is 47.0 Å². The van der Waals surface area contributed by atoms with Crippen LogP contribution in [-0.2, 0) is 11.2 Å². The van der Waals surface area contributed by atoms with Gasteiger partial charge in [0.2, 0.25) is 12.3 Å². The van der Waals surface area contributed by atoms with E-state index in [1.807, 2.05) is 17.9 Å². The molecule has 1 unspecified atom stereocenters. The summed E-state index contributed by atoms with van der Waals surface area (Å²) in [6.45, 7) is 5.53. The molecule has 1 saturated heterocycles. The molecule has 0 aliphatic carbocycles. The van der Waals surface area contributed by atoms with E-state index in [0.29, 0.717) is 18.8 Å². The van der Waals surface area contributed by atoms with Crippen molar-refractivity contribution in [3.63, 3.8) is 0 Å². The average molecular weight is 339 g/mol. The summed E-state index contributed by atoms with van der Waals surface area (Å²) in [4.78, 5) is 18.9. The van der Waals surface area contributed by atoms with Gasteiger partial charge in [-0.15, -0.1) is 0 Å². The molecule has 1 fully saturated rings. The van der Waals surface area contributed by atoms with Gasteiger partial charge in [0.1, 0.15) is 5.58 Å². The number of rotatable bonds is 3. The Labute approximate surface area is 145 Å². The number of benzene rings is 1. The SMILES string of the molecule is Cc1cc(C)c2c(CC(=O)N3CCCC(c4ncon4)C3)coc2c1. The maximum Gasteiger partial charge on any atom is 0.227 e. The van der Waals surface area contributed by atoms with Crippen molar-refractivity contribution in [3.8, 4) is 0 Å². The molecular formula is C19H21N3O3. The number of carbonyl (C=O) groups is 1. The fourth-order valence-electron chi connectivity index (χ4n) is 3.80.